The van der Waals surface area contributed by atoms with Crippen molar-refractivity contribution in [1.29, 1.82) is 0 Å². The van der Waals surface area contributed by atoms with E-state index in [9.17, 15) is 23.6 Å². The highest BCUT2D eigenvalue weighted by Gasteiger charge is 2.48. The summed E-state index contributed by atoms with van der Waals surface area (Å²) >= 11 is 0. The summed E-state index contributed by atoms with van der Waals surface area (Å²) in [5.74, 6) is -2.45. The maximum Gasteiger partial charge on any atom is 0.325 e. The number of hydrogen-bond acceptors (Lipinski definition) is 5. The minimum absolute atomic E-state index is 0.256. The Morgan fingerprint density at radius 3 is 2.40 bits per heavy atom. The first-order valence-corrected chi connectivity index (χ1v) is 9.91. The molecule has 0 bridgehead atoms. The Morgan fingerprint density at radius 2 is 1.87 bits per heavy atom. The van der Waals surface area contributed by atoms with Crippen molar-refractivity contribution in [2.24, 2.45) is 5.92 Å². The van der Waals surface area contributed by atoms with Crippen LogP contribution in [0.15, 0.2) is 24.3 Å². The van der Waals surface area contributed by atoms with Crippen LogP contribution in [0.2, 0.25) is 0 Å². The topological polar surface area (TPSA) is 96.0 Å². The first-order chi connectivity index (χ1) is 14.0. The van der Waals surface area contributed by atoms with Crippen LogP contribution < -0.4 is 5.32 Å². The maximum atomic E-state index is 13.4. The lowest BCUT2D eigenvalue weighted by molar-refractivity contribution is -0.154. The number of imide groups is 1. The average Bonchev–Trinajstić information content (AvgIpc) is 3.17. The van der Waals surface area contributed by atoms with Gasteiger partial charge in [0, 0.05) is 6.54 Å². The van der Waals surface area contributed by atoms with Crippen LogP contribution in [0.5, 0.6) is 0 Å². The highest BCUT2D eigenvalue weighted by Crippen LogP contribution is 2.38. The molecule has 3 rings (SSSR count). The van der Waals surface area contributed by atoms with E-state index in [0.29, 0.717) is 12.0 Å². The number of nitrogens with zero attached hydrogens (tertiary/aromatic N) is 2. The van der Waals surface area contributed by atoms with Gasteiger partial charge in [0.05, 0.1) is 18.1 Å². The zero-order chi connectivity index (χ0) is 22.2. The van der Waals surface area contributed by atoms with Crippen LogP contribution >= 0.6 is 0 Å². The van der Waals surface area contributed by atoms with Gasteiger partial charge in [0.2, 0.25) is 5.91 Å². The van der Waals surface area contributed by atoms with E-state index in [1.54, 1.807) is 27.7 Å². The summed E-state index contributed by atoms with van der Waals surface area (Å²) in [4.78, 5) is 52.6. The minimum Gasteiger partial charge on any atom is -0.463 e. The van der Waals surface area contributed by atoms with Gasteiger partial charge < -0.3 is 15.0 Å². The second-order valence-corrected chi connectivity index (χ2v) is 8.41. The molecule has 0 aliphatic carbocycles. The predicted molar refractivity (Wildman–Crippen MR) is 105 cm³/mol. The third-order valence-corrected chi connectivity index (χ3v) is 5.32. The number of carbonyl (C=O) groups excluding carboxylic acids is 4. The van der Waals surface area contributed by atoms with Gasteiger partial charge in [-0.1, -0.05) is 12.1 Å². The molecular weight excluding hydrogens is 393 g/mol. The molecule has 0 unspecified atom stereocenters. The quantitative estimate of drug-likeness (QED) is 0.582. The van der Waals surface area contributed by atoms with Crippen LogP contribution in [-0.4, -0.2) is 58.3 Å². The fourth-order valence-corrected chi connectivity index (χ4v) is 3.90. The molecule has 2 atom stereocenters. The number of urea groups is 1. The van der Waals surface area contributed by atoms with E-state index < -0.39 is 53.7 Å². The Hall–Kier alpha value is -2.97. The number of benzene rings is 1. The third-order valence-electron chi connectivity index (χ3n) is 5.32. The molecule has 2 aliphatic rings. The molecule has 2 saturated heterocycles. The van der Waals surface area contributed by atoms with E-state index in [1.807, 2.05) is 0 Å². The predicted octanol–water partition coefficient (Wildman–Crippen LogP) is 2.00. The highest BCUT2D eigenvalue weighted by molar-refractivity contribution is 6.08. The number of rotatable bonds is 5. The van der Waals surface area contributed by atoms with Gasteiger partial charge in [-0.2, -0.15) is 0 Å². The van der Waals surface area contributed by atoms with Crippen LogP contribution in [0, 0.1) is 11.7 Å². The van der Waals surface area contributed by atoms with Gasteiger partial charge in [-0.3, -0.25) is 19.3 Å². The first-order valence-electron chi connectivity index (χ1n) is 9.91. The molecule has 30 heavy (non-hydrogen) atoms. The van der Waals surface area contributed by atoms with Crippen LogP contribution in [0.3, 0.4) is 0 Å². The van der Waals surface area contributed by atoms with Gasteiger partial charge in [0.25, 0.3) is 5.91 Å². The standard InChI is InChI=1S/C21H26FN3O5/c1-12(2)30-18(27)15-9-10-24(17(15)13-5-7-14(22)8-6-13)16(26)11-25-19(28)21(3,4)23-20(25)29/h5-8,12,15,17H,9-11H2,1-4H3,(H,23,29)/t15-,17-/m1/s1. The minimum atomic E-state index is -1.08. The number of hydrogen-bond donors (Lipinski definition) is 1. The van der Waals surface area contributed by atoms with E-state index in [2.05, 4.69) is 5.32 Å². The molecule has 1 aromatic rings. The molecule has 2 aliphatic heterocycles. The molecule has 4 amide bonds. The lowest BCUT2D eigenvalue weighted by Gasteiger charge is -2.29. The number of carbonyl (C=O) groups is 4. The average molecular weight is 419 g/mol. The second-order valence-electron chi connectivity index (χ2n) is 8.41. The van der Waals surface area contributed by atoms with Crippen molar-refractivity contribution in [1.82, 2.24) is 15.1 Å². The molecule has 8 nitrogen and oxygen atoms in total. The molecule has 162 valence electrons. The maximum absolute atomic E-state index is 13.4. The van der Waals surface area contributed by atoms with Crippen LogP contribution in [0.4, 0.5) is 9.18 Å². The Morgan fingerprint density at radius 1 is 1.23 bits per heavy atom. The molecule has 0 saturated carbocycles. The van der Waals surface area contributed by atoms with E-state index in [-0.39, 0.29) is 12.6 Å². The third kappa shape index (κ3) is 4.15. The van der Waals surface area contributed by atoms with Crippen LogP contribution in [0.1, 0.15) is 45.7 Å². The smallest absolute Gasteiger partial charge is 0.325 e. The van der Waals surface area contributed by atoms with Gasteiger partial charge in [-0.05, 0) is 51.8 Å². The zero-order valence-corrected chi connectivity index (χ0v) is 17.5. The summed E-state index contributed by atoms with van der Waals surface area (Å²) in [6.45, 7) is 6.42. The summed E-state index contributed by atoms with van der Waals surface area (Å²) in [5.41, 5.74) is -0.493. The number of amides is 4. The van der Waals surface area contributed by atoms with Crippen molar-refractivity contribution in [3.8, 4) is 0 Å². The molecule has 0 spiro atoms. The van der Waals surface area contributed by atoms with Gasteiger partial charge in [-0.25, -0.2) is 9.18 Å². The summed E-state index contributed by atoms with van der Waals surface area (Å²) in [6, 6.07) is 4.28. The van der Waals surface area contributed by atoms with Gasteiger partial charge in [-0.15, -0.1) is 0 Å². The zero-order valence-electron chi connectivity index (χ0n) is 17.5. The molecule has 2 heterocycles. The fourth-order valence-electron chi connectivity index (χ4n) is 3.90. The number of likely N-dealkylation sites (tertiary alicyclic amines) is 1. The largest absolute Gasteiger partial charge is 0.463 e. The molecule has 2 fully saturated rings. The van der Waals surface area contributed by atoms with E-state index in [4.69, 9.17) is 4.74 Å². The SMILES string of the molecule is CC(C)OC(=O)[C@@H]1CCN(C(=O)CN2C(=O)NC(C)(C)C2=O)[C@@H]1c1ccc(F)cc1. The first kappa shape index (κ1) is 21.7. The van der Waals surface area contributed by atoms with Crippen LogP contribution in [-0.2, 0) is 19.1 Å². The number of esters is 1. The van der Waals surface area contributed by atoms with E-state index in [0.717, 1.165) is 4.90 Å². The molecule has 1 N–H and O–H groups in total. The summed E-state index contributed by atoms with van der Waals surface area (Å²) in [7, 11) is 0. The molecule has 0 radical (unpaired) electrons. The summed E-state index contributed by atoms with van der Waals surface area (Å²) < 4.78 is 18.8. The number of halogens is 1. The van der Waals surface area contributed by atoms with Crippen molar-refractivity contribution in [2.75, 3.05) is 13.1 Å². The monoisotopic (exact) mass is 419 g/mol. The second kappa shape index (κ2) is 8.04. The fraction of sp³-hybridized carbons (Fsp3) is 0.524. The lowest BCUT2D eigenvalue weighted by Crippen LogP contribution is -2.45. The molecule has 1 aromatic carbocycles. The van der Waals surface area contributed by atoms with Crippen LogP contribution in [0.25, 0.3) is 0 Å². The van der Waals surface area contributed by atoms with Crippen molar-refractivity contribution in [2.45, 2.75) is 51.8 Å². The van der Waals surface area contributed by atoms with Gasteiger partial charge >= 0.3 is 12.0 Å². The van der Waals surface area contributed by atoms with Crippen molar-refractivity contribution < 1.29 is 28.3 Å². The Kier molecular flexibility index (Phi) is 5.83. The Labute approximate surface area is 174 Å². The van der Waals surface area contributed by atoms with Crippen molar-refractivity contribution in [3.05, 3.63) is 35.6 Å². The molecule has 0 aromatic heterocycles. The Balaban J connectivity index is 1.85. The highest BCUT2D eigenvalue weighted by atomic mass is 19.1. The van der Waals surface area contributed by atoms with E-state index in [1.165, 1.54) is 29.2 Å². The van der Waals surface area contributed by atoms with Crippen molar-refractivity contribution >= 4 is 23.8 Å². The normalized spacial score (nSPS) is 23.1. The van der Waals surface area contributed by atoms with Gasteiger partial charge in [0.1, 0.15) is 17.9 Å². The van der Waals surface area contributed by atoms with Gasteiger partial charge in [0.15, 0.2) is 0 Å². The van der Waals surface area contributed by atoms with E-state index >= 15 is 0 Å². The Bertz CT molecular complexity index is 868. The number of ether oxygens (including phenoxy) is 1. The molecule has 9 heteroatoms. The number of nitrogens with one attached hydrogen (secondary N) is 1. The summed E-state index contributed by atoms with van der Waals surface area (Å²) in [6.07, 6.45) is 0.0506. The summed E-state index contributed by atoms with van der Waals surface area (Å²) in [5, 5.41) is 2.54. The lowest BCUT2D eigenvalue weighted by atomic mass is 9.93. The molecular formula is C21H26FN3O5. The van der Waals surface area contributed by atoms with Crippen molar-refractivity contribution in [3.63, 3.8) is 0 Å².